The molecule has 1 N–H and O–H groups in total. The molecule has 3 rings (SSSR count). The summed E-state index contributed by atoms with van der Waals surface area (Å²) in [6.45, 7) is 5.63. The van der Waals surface area contributed by atoms with Crippen molar-refractivity contribution in [2.45, 2.75) is 18.2 Å². The number of rotatable bonds is 9. The molecule has 2 aromatic carbocycles. The van der Waals surface area contributed by atoms with Gasteiger partial charge in [-0.05, 0) is 43.3 Å². The lowest BCUT2D eigenvalue weighted by Crippen LogP contribution is -2.50. The summed E-state index contributed by atoms with van der Waals surface area (Å²) < 4.78 is 45.7. The van der Waals surface area contributed by atoms with Crippen LogP contribution in [0.3, 0.4) is 0 Å². The maximum absolute atomic E-state index is 12.9. The second kappa shape index (κ2) is 10.7. The fraction of sp³-hybridized carbons (Fsp3) is 0.409. The summed E-state index contributed by atoms with van der Waals surface area (Å²) in [6.07, 6.45) is 0.258. The Kier molecular flexibility index (Phi) is 8.00. The highest BCUT2D eigenvalue weighted by Crippen LogP contribution is 2.12. The highest BCUT2D eigenvalue weighted by molar-refractivity contribution is 7.89. The molecule has 0 unspecified atom stereocenters. The summed E-state index contributed by atoms with van der Waals surface area (Å²) in [4.78, 5) is 16.5. The van der Waals surface area contributed by atoms with Crippen molar-refractivity contribution in [3.05, 3.63) is 59.9 Å². The molecular formula is C22H28FN3O4S. The Morgan fingerprint density at radius 2 is 1.68 bits per heavy atom. The summed E-state index contributed by atoms with van der Waals surface area (Å²) >= 11 is 0. The van der Waals surface area contributed by atoms with Crippen molar-refractivity contribution < 1.29 is 22.3 Å². The van der Waals surface area contributed by atoms with Gasteiger partial charge >= 0.3 is 0 Å². The summed E-state index contributed by atoms with van der Waals surface area (Å²) in [5.74, 6) is 0.221. The van der Waals surface area contributed by atoms with E-state index in [2.05, 4.69) is 9.62 Å². The predicted molar refractivity (Wildman–Crippen MR) is 116 cm³/mol. The van der Waals surface area contributed by atoms with E-state index < -0.39 is 10.0 Å². The van der Waals surface area contributed by atoms with Crippen LogP contribution in [0.2, 0.25) is 0 Å². The first kappa shape index (κ1) is 23.2. The molecule has 1 aliphatic rings. The maximum atomic E-state index is 12.9. The SMILES string of the molecule is Cc1ccc(S(=O)(=O)NCCN2CCN(C(=O)CCOc3ccc(F)cc3)CC2)cc1. The van der Waals surface area contributed by atoms with Gasteiger partial charge in [-0.1, -0.05) is 17.7 Å². The molecule has 1 saturated heterocycles. The number of piperazine rings is 1. The Morgan fingerprint density at radius 1 is 1.03 bits per heavy atom. The van der Waals surface area contributed by atoms with E-state index in [-0.39, 0.29) is 29.6 Å². The number of benzene rings is 2. The van der Waals surface area contributed by atoms with Gasteiger partial charge < -0.3 is 9.64 Å². The van der Waals surface area contributed by atoms with Crippen molar-refractivity contribution in [1.82, 2.24) is 14.5 Å². The van der Waals surface area contributed by atoms with Gasteiger partial charge in [-0.25, -0.2) is 17.5 Å². The normalized spacial score (nSPS) is 15.1. The van der Waals surface area contributed by atoms with Gasteiger partial charge in [-0.3, -0.25) is 9.69 Å². The first-order valence-corrected chi connectivity index (χ1v) is 11.8. The van der Waals surface area contributed by atoms with Crippen molar-refractivity contribution in [3.8, 4) is 5.75 Å². The Balaban J connectivity index is 1.34. The van der Waals surface area contributed by atoms with Crippen LogP contribution in [0, 0.1) is 12.7 Å². The third-order valence-corrected chi connectivity index (χ3v) is 6.65. The van der Waals surface area contributed by atoms with Crippen molar-refractivity contribution in [1.29, 1.82) is 0 Å². The molecule has 0 aromatic heterocycles. The van der Waals surface area contributed by atoms with E-state index in [0.717, 1.165) is 5.56 Å². The van der Waals surface area contributed by atoms with E-state index in [1.165, 1.54) is 24.3 Å². The van der Waals surface area contributed by atoms with E-state index in [0.29, 0.717) is 45.0 Å². The van der Waals surface area contributed by atoms with Gasteiger partial charge in [0.05, 0.1) is 17.9 Å². The molecule has 168 valence electrons. The number of halogens is 1. The second-order valence-corrected chi connectivity index (χ2v) is 9.25. The molecule has 0 saturated carbocycles. The number of amides is 1. The van der Waals surface area contributed by atoms with Crippen molar-refractivity contribution in [2.75, 3.05) is 45.9 Å². The van der Waals surface area contributed by atoms with Crippen molar-refractivity contribution >= 4 is 15.9 Å². The lowest BCUT2D eigenvalue weighted by atomic mass is 10.2. The highest BCUT2D eigenvalue weighted by atomic mass is 32.2. The molecule has 9 heteroatoms. The minimum absolute atomic E-state index is 0.0156. The predicted octanol–water partition coefficient (Wildman–Crippen LogP) is 2.03. The molecule has 0 bridgehead atoms. The molecule has 0 atom stereocenters. The van der Waals surface area contributed by atoms with E-state index in [4.69, 9.17) is 4.74 Å². The third-order valence-electron chi connectivity index (χ3n) is 5.17. The van der Waals surface area contributed by atoms with Gasteiger partial charge in [0.25, 0.3) is 0 Å². The Bertz CT molecular complexity index is 957. The minimum Gasteiger partial charge on any atom is -0.493 e. The molecule has 1 heterocycles. The number of sulfonamides is 1. The van der Waals surface area contributed by atoms with Gasteiger partial charge in [0.1, 0.15) is 11.6 Å². The topological polar surface area (TPSA) is 79.0 Å². The fourth-order valence-electron chi connectivity index (χ4n) is 3.30. The summed E-state index contributed by atoms with van der Waals surface area (Å²) in [6, 6.07) is 12.4. The zero-order valence-electron chi connectivity index (χ0n) is 17.6. The number of carbonyl (C=O) groups is 1. The summed E-state index contributed by atoms with van der Waals surface area (Å²) in [5, 5.41) is 0. The highest BCUT2D eigenvalue weighted by Gasteiger charge is 2.21. The average Bonchev–Trinajstić information content (AvgIpc) is 2.76. The Morgan fingerprint density at radius 3 is 2.32 bits per heavy atom. The van der Waals surface area contributed by atoms with Crippen LogP contribution in [-0.4, -0.2) is 70.0 Å². The van der Waals surface area contributed by atoms with Crippen LogP contribution < -0.4 is 9.46 Å². The van der Waals surface area contributed by atoms with E-state index >= 15 is 0 Å². The maximum Gasteiger partial charge on any atom is 0.240 e. The smallest absolute Gasteiger partial charge is 0.240 e. The second-order valence-electron chi connectivity index (χ2n) is 7.49. The van der Waals surface area contributed by atoms with E-state index in [1.807, 2.05) is 6.92 Å². The third kappa shape index (κ3) is 7.02. The molecule has 7 nitrogen and oxygen atoms in total. The first-order chi connectivity index (χ1) is 14.8. The van der Waals surface area contributed by atoms with Gasteiger partial charge in [0.15, 0.2) is 0 Å². The van der Waals surface area contributed by atoms with E-state index in [1.54, 1.807) is 29.2 Å². The molecule has 1 fully saturated rings. The fourth-order valence-corrected chi connectivity index (χ4v) is 4.33. The molecule has 1 amide bonds. The molecule has 31 heavy (non-hydrogen) atoms. The zero-order valence-corrected chi connectivity index (χ0v) is 18.4. The number of hydrogen-bond acceptors (Lipinski definition) is 5. The number of ether oxygens (including phenoxy) is 1. The molecule has 1 aliphatic heterocycles. The van der Waals surface area contributed by atoms with Crippen LogP contribution in [-0.2, 0) is 14.8 Å². The number of aryl methyl sites for hydroxylation is 1. The Hall–Kier alpha value is -2.49. The van der Waals surface area contributed by atoms with Crippen LogP contribution >= 0.6 is 0 Å². The van der Waals surface area contributed by atoms with Gasteiger partial charge in [-0.15, -0.1) is 0 Å². The molecular weight excluding hydrogens is 421 g/mol. The lowest BCUT2D eigenvalue weighted by Gasteiger charge is -2.34. The number of nitrogens with zero attached hydrogens (tertiary/aromatic N) is 2. The average molecular weight is 450 g/mol. The lowest BCUT2D eigenvalue weighted by molar-refractivity contribution is -0.133. The molecule has 0 radical (unpaired) electrons. The quantitative estimate of drug-likeness (QED) is 0.634. The van der Waals surface area contributed by atoms with Crippen LogP contribution in [0.4, 0.5) is 4.39 Å². The number of hydrogen-bond donors (Lipinski definition) is 1. The van der Waals surface area contributed by atoms with Gasteiger partial charge in [0, 0.05) is 39.3 Å². The molecule has 2 aromatic rings. The number of carbonyl (C=O) groups excluding carboxylic acids is 1. The monoisotopic (exact) mass is 449 g/mol. The Labute approximate surface area is 182 Å². The van der Waals surface area contributed by atoms with E-state index in [9.17, 15) is 17.6 Å². The molecule has 0 aliphatic carbocycles. The van der Waals surface area contributed by atoms with Crippen LogP contribution in [0.25, 0.3) is 0 Å². The van der Waals surface area contributed by atoms with Crippen LogP contribution in [0.5, 0.6) is 5.75 Å². The summed E-state index contributed by atoms with van der Waals surface area (Å²) in [5.41, 5.74) is 1.01. The molecule has 0 spiro atoms. The largest absolute Gasteiger partial charge is 0.493 e. The van der Waals surface area contributed by atoms with Crippen molar-refractivity contribution in [3.63, 3.8) is 0 Å². The number of nitrogens with one attached hydrogen (secondary N) is 1. The standard InChI is InChI=1S/C22H28FN3O4S/c1-18-2-8-21(9-3-18)31(28,29)24-11-12-25-13-15-26(16-14-25)22(27)10-17-30-20-6-4-19(23)5-7-20/h2-9,24H,10-17H2,1H3. The first-order valence-electron chi connectivity index (χ1n) is 10.3. The van der Waals surface area contributed by atoms with Crippen LogP contribution in [0.1, 0.15) is 12.0 Å². The summed E-state index contributed by atoms with van der Waals surface area (Å²) in [7, 11) is -3.51. The van der Waals surface area contributed by atoms with Crippen molar-refractivity contribution in [2.24, 2.45) is 0 Å². The van der Waals surface area contributed by atoms with Crippen LogP contribution in [0.15, 0.2) is 53.4 Å². The zero-order chi connectivity index (χ0) is 22.3. The van der Waals surface area contributed by atoms with Gasteiger partial charge in [-0.2, -0.15) is 0 Å². The van der Waals surface area contributed by atoms with Gasteiger partial charge in [0.2, 0.25) is 15.9 Å². The minimum atomic E-state index is -3.51.